The molecule has 17 heavy (non-hydrogen) atoms. The van der Waals surface area contributed by atoms with Crippen molar-refractivity contribution in [3.8, 4) is 0 Å². The van der Waals surface area contributed by atoms with E-state index in [1.807, 2.05) is 4.57 Å². The lowest BCUT2D eigenvalue weighted by atomic mass is 10.1. The number of imidazole rings is 1. The maximum atomic E-state index is 9.51. The molecule has 90 valence electrons. The van der Waals surface area contributed by atoms with Crippen LogP contribution in [0.25, 0.3) is 11.2 Å². The molecule has 1 aliphatic heterocycles. The Hall–Kier alpha value is -1.53. The Labute approximate surface area is 98.3 Å². The van der Waals surface area contributed by atoms with E-state index in [1.54, 1.807) is 19.4 Å². The van der Waals surface area contributed by atoms with Crippen LogP contribution in [-0.4, -0.2) is 36.8 Å². The van der Waals surface area contributed by atoms with E-state index < -0.39 is 6.10 Å². The van der Waals surface area contributed by atoms with Gasteiger partial charge in [0.15, 0.2) is 5.65 Å². The van der Waals surface area contributed by atoms with E-state index >= 15 is 0 Å². The molecule has 3 atom stereocenters. The van der Waals surface area contributed by atoms with Gasteiger partial charge in [0.05, 0.1) is 24.7 Å². The van der Waals surface area contributed by atoms with E-state index in [1.165, 1.54) is 6.33 Å². The van der Waals surface area contributed by atoms with E-state index in [-0.39, 0.29) is 12.3 Å². The second-order valence-corrected chi connectivity index (χ2v) is 4.33. The normalized spacial score (nSPS) is 26.5. The maximum Gasteiger partial charge on any atom is 0.165 e. The van der Waals surface area contributed by atoms with Crippen molar-refractivity contribution in [2.45, 2.75) is 38.2 Å². The number of ether oxygens (including phenoxy) is 1. The van der Waals surface area contributed by atoms with Crippen molar-refractivity contribution in [1.82, 2.24) is 19.5 Å². The van der Waals surface area contributed by atoms with Crippen LogP contribution in [0.15, 0.2) is 18.9 Å². The lowest BCUT2D eigenvalue weighted by molar-refractivity contribution is -0.0515. The van der Waals surface area contributed by atoms with Crippen molar-refractivity contribution >= 4 is 11.2 Å². The number of aliphatic hydroxyl groups excluding tert-OH is 1. The highest BCUT2D eigenvalue weighted by atomic mass is 16.5. The van der Waals surface area contributed by atoms with Gasteiger partial charge in [0, 0.05) is 0 Å². The summed E-state index contributed by atoms with van der Waals surface area (Å²) in [5.41, 5.74) is 1.54. The van der Waals surface area contributed by atoms with Gasteiger partial charge in [-0.3, -0.25) is 4.57 Å². The molecule has 2 unspecified atom stereocenters. The SMILES string of the molecule is C[C@@H](O)C1CCC(n2cnc3cncnc32)O1. The molecule has 6 nitrogen and oxygen atoms in total. The molecule has 0 aromatic carbocycles. The highest BCUT2D eigenvalue weighted by Crippen LogP contribution is 2.31. The molecule has 0 saturated carbocycles. The van der Waals surface area contributed by atoms with Gasteiger partial charge in [0.2, 0.25) is 0 Å². The summed E-state index contributed by atoms with van der Waals surface area (Å²) in [4.78, 5) is 12.4. The molecule has 3 rings (SSSR count). The molecule has 1 fully saturated rings. The van der Waals surface area contributed by atoms with Gasteiger partial charge in [0.1, 0.15) is 18.1 Å². The zero-order valence-electron chi connectivity index (χ0n) is 9.52. The number of nitrogens with zero attached hydrogens (tertiary/aromatic N) is 4. The molecule has 2 aromatic heterocycles. The monoisotopic (exact) mass is 234 g/mol. The first-order chi connectivity index (χ1) is 8.25. The van der Waals surface area contributed by atoms with E-state index in [2.05, 4.69) is 15.0 Å². The summed E-state index contributed by atoms with van der Waals surface area (Å²) >= 11 is 0. The third-order valence-electron chi connectivity index (χ3n) is 3.12. The van der Waals surface area contributed by atoms with E-state index in [0.29, 0.717) is 0 Å². The van der Waals surface area contributed by atoms with Crippen LogP contribution < -0.4 is 0 Å². The summed E-state index contributed by atoms with van der Waals surface area (Å²) in [6, 6.07) is 0. The highest BCUT2D eigenvalue weighted by molar-refractivity contribution is 5.68. The van der Waals surface area contributed by atoms with Crippen LogP contribution in [0.5, 0.6) is 0 Å². The van der Waals surface area contributed by atoms with E-state index in [4.69, 9.17) is 4.74 Å². The topological polar surface area (TPSA) is 73.1 Å². The summed E-state index contributed by atoms with van der Waals surface area (Å²) in [5, 5.41) is 9.51. The van der Waals surface area contributed by atoms with E-state index in [9.17, 15) is 5.11 Å². The Bertz CT molecular complexity index is 525. The van der Waals surface area contributed by atoms with Gasteiger partial charge in [-0.1, -0.05) is 0 Å². The lowest BCUT2D eigenvalue weighted by Crippen LogP contribution is -2.22. The molecular formula is C11H14N4O2. The van der Waals surface area contributed by atoms with Crippen LogP contribution in [0, 0.1) is 0 Å². The van der Waals surface area contributed by atoms with Crippen molar-refractivity contribution in [2.24, 2.45) is 0 Å². The van der Waals surface area contributed by atoms with Gasteiger partial charge in [-0.15, -0.1) is 0 Å². The Balaban J connectivity index is 1.90. The van der Waals surface area contributed by atoms with E-state index in [0.717, 1.165) is 24.0 Å². The Morgan fingerprint density at radius 3 is 3.12 bits per heavy atom. The fourth-order valence-electron chi connectivity index (χ4n) is 2.20. The molecule has 1 aliphatic rings. The number of aromatic nitrogens is 4. The number of fused-ring (bicyclic) bond motifs is 1. The Morgan fingerprint density at radius 1 is 1.47 bits per heavy atom. The van der Waals surface area contributed by atoms with Crippen LogP contribution in [-0.2, 0) is 4.74 Å². The predicted molar refractivity (Wildman–Crippen MR) is 60.1 cm³/mol. The molecular weight excluding hydrogens is 220 g/mol. The van der Waals surface area contributed by atoms with Crippen molar-refractivity contribution in [2.75, 3.05) is 0 Å². The third kappa shape index (κ3) is 1.79. The predicted octanol–water partition coefficient (Wildman–Crippen LogP) is 0.885. The maximum absolute atomic E-state index is 9.51. The summed E-state index contributed by atoms with van der Waals surface area (Å²) in [6.07, 6.45) is 5.99. The van der Waals surface area contributed by atoms with Gasteiger partial charge in [0.25, 0.3) is 0 Å². The van der Waals surface area contributed by atoms with Crippen LogP contribution in [0.2, 0.25) is 0 Å². The van der Waals surface area contributed by atoms with Crippen molar-refractivity contribution < 1.29 is 9.84 Å². The number of aliphatic hydroxyl groups is 1. The van der Waals surface area contributed by atoms with Crippen LogP contribution in [0.3, 0.4) is 0 Å². The fourth-order valence-corrected chi connectivity index (χ4v) is 2.20. The second-order valence-electron chi connectivity index (χ2n) is 4.33. The minimum absolute atomic E-state index is 0.0884. The number of hydrogen-bond acceptors (Lipinski definition) is 5. The molecule has 0 amide bonds. The summed E-state index contributed by atoms with van der Waals surface area (Å²) < 4.78 is 7.69. The number of hydrogen-bond donors (Lipinski definition) is 1. The standard InChI is InChI=1S/C11H14N4O2/c1-7(16)9-2-3-10(17-9)15-6-14-8-4-12-5-13-11(8)15/h4-7,9-10,16H,2-3H2,1H3/t7-,9?,10?/m1/s1. The first-order valence-electron chi connectivity index (χ1n) is 5.72. The fraction of sp³-hybridized carbons (Fsp3) is 0.545. The summed E-state index contributed by atoms with van der Waals surface area (Å²) in [5.74, 6) is 0. The van der Waals surface area contributed by atoms with Gasteiger partial charge in [-0.05, 0) is 19.8 Å². The smallest absolute Gasteiger partial charge is 0.165 e. The molecule has 0 bridgehead atoms. The Morgan fingerprint density at radius 2 is 2.35 bits per heavy atom. The largest absolute Gasteiger partial charge is 0.391 e. The molecule has 1 saturated heterocycles. The average molecular weight is 234 g/mol. The first kappa shape index (κ1) is 10.6. The molecule has 0 spiro atoms. The summed E-state index contributed by atoms with van der Waals surface area (Å²) in [6.45, 7) is 1.75. The molecule has 1 N–H and O–H groups in total. The van der Waals surface area contributed by atoms with Gasteiger partial charge >= 0.3 is 0 Å². The van der Waals surface area contributed by atoms with Gasteiger partial charge in [-0.25, -0.2) is 15.0 Å². The average Bonchev–Trinajstić information content (AvgIpc) is 2.95. The highest BCUT2D eigenvalue weighted by Gasteiger charge is 2.30. The minimum Gasteiger partial charge on any atom is -0.391 e. The van der Waals surface area contributed by atoms with Crippen LogP contribution in [0.4, 0.5) is 0 Å². The first-order valence-corrected chi connectivity index (χ1v) is 5.72. The minimum atomic E-state index is -0.440. The van der Waals surface area contributed by atoms with Crippen molar-refractivity contribution in [3.63, 3.8) is 0 Å². The quantitative estimate of drug-likeness (QED) is 0.835. The summed E-state index contributed by atoms with van der Waals surface area (Å²) in [7, 11) is 0. The third-order valence-corrected chi connectivity index (χ3v) is 3.12. The lowest BCUT2D eigenvalue weighted by Gasteiger charge is -2.16. The molecule has 0 aliphatic carbocycles. The van der Waals surface area contributed by atoms with Gasteiger partial charge < -0.3 is 9.84 Å². The second kappa shape index (κ2) is 4.05. The number of rotatable bonds is 2. The molecule has 0 radical (unpaired) electrons. The Kier molecular flexibility index (Phi) is 2.53. The van der Waals surface area contributed by atoms with Crippen LogP contribution in [0.1, 0.15) is 26.0 Å². The molecule has 2 aromatic rings. The molecule has 6 heteroatoms. The van der Waals surface area contributed by atoms with Gasteiger partial charge in [-0.2, -0.15) is 0 Å². The van der Waals surface area contributed by atoms with Crippen LogP contribution >= 0.6 is 0 Å². The zero-order valence-corrected chi connectivity index (χ0v) is 9.52. The van der Waals surface area contributed by atoms with Crippen molar-refractivity contribution in [3.05, 3.63) is 18.9 Å². The zero-order chi connectivity index (χ0) is 11.8. The molecule has 3 heterocycles. The van der Waals surface area contributed by atoms with Crippen molar-refractivity contribution in [1.29, 1.82) is 0 Å².